The van der Waals surface area contributed by atoms with Gasteiger partial charge in [0.2, 0.25) is 0 Å². The van der Waals surface area contributed by atoms with Crippen LogP contribution in [0.1, 0.15) is 30.1 Å². The Balaban J connectivity index is 2.30. The molecule has 0 bridgehead atoms. The van der Waals surface area contributed by atoms with Gasteiger partial charge in [-0.25, -0.2) is 0 Å². The minimum Gasteiger partial charge on any atom is -0.343 e. The van der Waals surface area contributed by atoms with Crippen LogP contribution in [0, 0.1) is 6.92 Å². The minimum absolute atomic E-state index is 0.228. The second-order valence-electron chi connectivity index (χ2n) is 4.53. The number of benzene rings is 1. The molecule has 0 spiro atoms. The molecule has 0 radical (unpaired) electrons. The van der Waals surface area contributed by atoms with Gasteiger partial charge in [-0.05, 0) is 38.0 Å². The summed E-state index contributed by atoms with van der Waals surface area (Å²) in [7, 11) is 0. The molecular formula is C13H16N2. The predicted octanol–water partition coefficient (Wildman–Crippen LogP) is 2.74. The van der Waals surface area contributed by atoms with Crippen molar-refractivity contribution in [1.82, 2.24) is 4.57 Å². The number of hydrogen-bond donors (Lipinski definition) is 1. The van der Waals surface area contributed by atoms with Crippen LogP contribution in [0.15, 0.2) is 24.3 Å². The van der Waals surface area contributed by atoms with E-state index in [2.05, 4.69) is 35.8 Å². The van der Waals surface area contributed by atoms with E-state index < -0.39 is 0 Å². The Hall–Kier alpha value is -1.28. The molecule has 1 aromatic heterocycles. The van der Waals surface area contributed by atoms with E-state index in [9.17, 15) is 0 Å². The third kappa shape index (κ3) is 1.29. The maximum Gasteiger partial charge on any atom is 0.0483 e. The molecule has 2 nitrogen and oxygen atoms in total. The van der Waals surface area contributed by atoms with Crippen molar-refractivity contribution in [2.24, 2.45) is 5.73 Å². The van der Waals surface area contributed by atoms with E-state index in [1.807, 2.05) is 0 Å². The van der Waals surface area contributed by atoms with Crippen LogP contribution < -0.4 is 5.73 Å². The van der Waals surface area contributed by atoms with E-state index >= 15 is 0 Å². The van der Waals surface area contributed by atoms with Gasteiger partial charge < -0.3 is 10.3 Å². The highest BCUT2D eigenvalue weighted by molar-refractivity contribution is 5.82. The molecule has 2 heteroatoms. The zero-order valence-electron chi connectivity index (χ0n) is 9.03. The zero-order valence-corrected chi connectivity index (χ0v) is 9.03. The van der Waals surface area contributed by atoms with Crippen LogP contribution in [0.25, 0.3) is 10.9 Å². The summed E-state index contributed by atoms with van der Waals surface area (Å²) in [6.07, 6.45) is 2.32. The summed E-state index contributed by atoms with van der Waals surface area (Å²) >= 11 is 0. The van der Waals surface area contributed by atoms with E-state index in [4.69, 9.17) is 5.73 Å². The van der Waals surface area contributed by atoms with Crippen molar-refractivity contribution in [3.8, 4) is 0 Å². The smallest absolute Gasteiger partial charge is 0.0483 e. The summed E-state index contributed by atoms with van der Waals surface area (Å²) in [4.78, 5) is 0. The number of fused-ring (bicyclic) bond motifs is 3. The summed E-state index contributed by atoms with van der Waals surface area (Å²) in [5.74, 6) is 0. The molecule has 1 aromatic carbocycles. The molecule has 2 N–H and O–H groups in total. The molecule has 0 amide bonds. The van der Waals surface area contributed by atoms with E-state index in [1.165, 1.54) is 28.6 Å². The third-order valence-electron chi connectivity index (χ3n) is 3.37. The molecule has 15 heavy (non-hydrogen) atoms. The fourth-order valence-electron chi connectivity index (χ4n) is 2.59. The Bertz CT molecular complexity index is 510. The highest BCUT2D eigenvalue weighted by Crippen LogP contribution is 2.30. The highest BCUT2D eigenvalue weighted by Gasteiger charge is 2.18. The molecule has 0 aliphatic carbocycles. The minimum atomic E-state index is 0.228. The fourth-order valence-corrected chi connectivity index (χ4v) is 2.59. The Morgan fingerprint density at radius 3 is 3.07 bits per heavy atom. The van der Waals surface area contributed by atoms with Crippen LogP contribution in [0.4, 0.5) is 0 Å². The molecule has 78 valence electrons. The van der Waals surface area contributed by atoms with E-state index in [0.717, 1.165) is 13.0 Å². The second-order valence-corrected chi connectivity index (χ2v) is 4.53. The Morgan fingerprint density at radius 1 is 1.33 bits per heavy atom. The standard InChI is InChI=1S/C13H16N2/c1-9-4-5-12-10(7-9)8-13-11(14)3-2-6-15(12)13/h4-5,7-8,11H,2-3,6,14H2,1H3. The number of hydrogen-bond acceptors (Lipinski definition) is 1. The summed E-state index contributed by atoms with van der Waals surface area (Å²) < 4.78 is 2.38. The molecule has 2 heterocycles. The Morgan fingerprint density at radius 2 is 2.20 bits per heavy atom. The van der Waals surface area contributed by atoms with Gasteiger partial charge in [-0.2, -0.15) is 0 Å². The van der Waals surface area contributed by atoms with Gasteiger partial charge >= 0.3 is 0 Å². The summed E-state index contributed by atoms with van der Waals surface area (Å²) in [6, 6.07) is 9.12. The number of nitrogens with zero attached hydrogens (tertiary/aromatic N) is 1. The lowest BCUT2D eigenvalue weighted by molar-refractivity contribution is 0.471. The van der Waals surface area contributed by atoms with Crippen molar-refractivity contribution in [3.63, 3.8) is 0 Å². The number of rotatable bonds is 0. The third-order valence-corrected chi connectivity index (χ3v) is 3.37. The van der Waals surface area contributed by atoms with E-state index in [1.54, 1.807) is 0 Å². The SMILES string of the molecule is Cc1ccc2c(c1)cc1n2CCCC1N. The zero-order chi connectivity index (χ0) is 10.4. The number of aromatic nitrogens is 1. The molecule has 0 fully saturated rings. The van der Waals surface area contributed by atoms with Crippen LogP contribution in [0.5, 0.6) is 0 Å². The van der Waals surface area contributed by atoms with Gasteiger partial charge in [0.1, 0.15) is 0 Å². The van der Waals surface area contributed by atoms with Crippen LogP contribution in [-0.4, -0.2) is 4.57 Å². The molecular weight excluding hydrogens is 184 g/mol. The summed E-state index contributed by atoms with van der Waals surface area (Å²) in [5, 5.41) is 1.34. The predicted molar refractivity (Wildman–Crippen MR) is 62.8 cm³/mol. The van der Waals surface area contributed by atoms with Crippen LogP contribution >= 0.6 is 0 Å². The lowest BCUT2D eigenvalue weighted by Crippen LogP contribution is -2.20. The van der Waals surface area contributed by atoms with Crippen molar-refractivity contribution >= 4 is 10.9 Å². The summed E-state index contributed by atoms with van der Waals surface area (Å²) in [6.45, 7) is 3.26. The van der Waals surface area contributed by atoms with Gasteiger partial charge in [0.05, 0.1) is 0 Å². The van der Waals surface area contributed by atoms with Crippen molar-refractivity contribution in [1.29, 1.82) is 0 Å². The van der Waals surface area contributed by atoms with Crippen molar-refractivity contribution in [2.45, 2.75) is 32.4 Å². The van der Waals surface area contributed by atoms with E-state index in [0.29, 0.717) is 0 Å². The van der Waals surface area contributed by atoms with Crippen molar-refractivity contribution in [2.75, 3.05) is 0 Å². The first kappa shape index (κ1) is 8.98. The lowest BCUT2D eigenvalue weighted by atomic mass is 10.1. The number of aryl methyl sites for hydroxylation is 2. The van der Waals surface area contributed by atoms with Crippen molar-refractivity contribution in [3.05, 3.63) is 35.5 Å². The van der Waals surface area contributed by atoms with Gasteiger partial charge in [0.15, 0.2) is 0 Å². The van der Waals surface area contributed by atoms with Gasteiger partial charge in [-0.3, -0.25) is 0 Å². The first-order valence-corrected chi connectivity index (χ1v) is 5.61. The topological polar surface area (TPSA) is 30.9 Å². The van der Waals surface area contributed by atoms with Gasteiger partial charge in [0.25, 0.3) is 0 Å². The second kappa shape index (κ2) is 3.11. The number of nitrogens with two attached hydrogens (primary N) is 1. The van der Waals surface area contributed by atoms with Crippen LogP contribution in [0.3, 0.4) is 0 Å². The maximum atomic E-state index is 6.13. The van der Waals surface area contributed by atoms with Gasteiger partial charge in [-0.15, -0.1) is 0 Å². The average molecular weight is 200 g/mol. The maximum absolute atomic E-state index is 6.13. The monoisotopic (exact) mass is 200 g/mol. The van der Waals surface area contributed by atoms with Crippen LogP contribution in [-0.2, 0) is 6.54 Å². The van der Waals surface area contributed by atoms with Gasteiger partial charge in [-0.1, -0.05) is 11.6 Å². The molecule has 0 saturated heterocycles. The molecule has 1 unspecified atom stereocenters. The first-order chi connectivity index (χ1) is 7.25. The molecule has 1 aliphatic heterocycles. The molecule has 1 aliphatic rings. The molecule has 0 saturated carbocycles. The van der Waals surface area contributed by atoms with Crippen LogP contribution in [0.2, 0.25) is 0 Å². The summed E-state index contributed by atoms with van der Waals surface area (Å²) in [5.41, 5.74) is 10.1. The average Bonchev–Trinajstić information content (AvgIpc) is 2.57. The Labute approximate surface area is 89.7 Å². The molecule has 1 atom stereocenters. The quantitative estimate of drug-likeness (QED) is 0.696. The first-order valence-electron chi connectivity index (χ1n) is 5.61. The Kier molecular flexibility index (Phi) is 1.86. The highest BCUT2D eigenvalue weighted by atomic mass is 15.0. The normalized spacial score (nSPS) is 20.5. The largest absolute Gasteiger partial charge is 0.343 e. The molecule has 2 aromatic rings. The van der Waals surface area contributed by atoms with Crippen molar-refractivity contribution < 1.29 is 0 Å². The molecule has 3 rings (SSSR count). The fraction of sp³-hybridized carbons (Fsp3) is 0.385. The van der Waals surface area contributed by atoms with Gasteiger partial charge in [0, 0.05) is 29.2 Å². The lowest BCUT2D eigenvalue weighted by Gasteiger charge is -2.21. The van der Waals surface area contributed by atoms with E-state index in [-0.39, 0.29) is 6.04 Å².